The molecular weight excluding hydrogens is 544 g/mol. The van der Waals surface area contributed by atoms with Crippen molar-refractivity contribution in [2.75, 3.05) is 96.9 Å². The Balaban J connectivity index is 1.51. The summed E-state index contributed by atoms with van der Waals surface area (Å²) in [7, 11) is 1.62. The molecule has 0 saturated heterocycles. The van der Waals surface area contributed by atoms with Gasteiger partial charge >= 0.3 is 5.97 Å². The van der Waals surface area contributed by atoms with Gasteiger partial charge in [0.15, 0.2) is 11.6 Å². The van der Waals surface area contributed by atoms with Gasteiger partial charge in [-0.3, -0.25) is 9.59 Å². The van der Waals surface area contributed by atoms with Gasteiger partial charge in [0.25, 0.3) is 0 Å². The SMILES string of the molecule is C=C(C)C(=O)OCCOCCOCCNc1ccc(NCCOCCOCCOC)c2c1C(=O)c1ccccc1C2=O. The molecule has 0 fully saturated rings. The summed E-state index contributed by atoms with van der Waals surface area (Å²) in [4.78, 5) is 38.4. The summed E-state index contributed by atoms with van der Waals surface area (Å²) in [5.74, 6) is -0.862. The van der Waals surface area contributed by atoms with Crippen molar-refractivity contribution < 1.29 is 42.8 Å². The van der Waals surface area contributed by atoms with Crippen LogP contribution < -0.4 is 10.6 Å². The topological polar surface area (TPSA) is 131 Å². The van der Waals surface area contributed by atoms with Gasteiger partial charge in [0.2, 0.25) is 0 Å². The second kappa shape index (κ2) is 18.0. The molecule has 0 amide bonds. The molecular formula is C31H40N2O9. The number of anilines is 2. The van der Waals surface area contributed by atoms with Gasteiger partial charge in [-0.1, -0.05) is 30.8 Å². The summed E-state index contributed by atoms with van der Waals surface area (Å²) in [6.45, 7) is 9.79. The number of rotatable bonds is 21. The molecule has 1 aliphatic carbocycles. The normalized spacial score (nSPS) is 12.0. The number of benzene rings is 2. The minimum Gasteiger partial charge on any atom is -0.460 e. The summed E-state index contributed by atoms with van der Waals surface area (Å²) < 4.78 is 31.9. The minimum absolute atomic E-state index is 0.149. The maximum atomic E-state index is 13.5. The van der Waals surface area contributed by atoms with Gasteiger partial charge in [0.1, 0.15) is 6.61 Å². The maximum Gasteiger partial charge on any atom is 0.333 e. The molecule has 0 aromatic heterocycles. The van der Waals surface area contributed by atoms with Crippen LogP contribution in [0.3, 0.4) is 0 Å². The average molecular weight is 585 g/mol. The fourth-order valence-electron chi connectivity index (χ4n) is 4.14. The van der Waals surface area contributed by atoms with E-state index >= 15 is 0 Å². The number of carbonyl (C=O) groups is 3. The lowest BCUT2D eigenvalue weighted by Crippen LogP contribution is -2.25. The molecule has 1 aliphatic rings. The molecule has 0 atom stereocenters. The number of hydrogen-bond donors (Lipinski definition) is 2. The van der Waals surface area contributed by atoms with E-state index in [0.717, 1.165) is 0 Å². The van der Waals surface area contributed by atoms with E-state index in [1.54, 1.807) is 50.4 Å². The van der Waals surface area contributed by atoms with Crippen molar-refractivity contribution in [3.8, 4) is 0 Å². The van der Waals surface area contributed by atoms with E-state index in [1.165, 1.54) is 0 Å². The monoisotopic (exact) mass is 584 g/mol. The first-order chi connectivity index (χ1) is 20.5. The van der Waals surface area contributed by atoms with Crippen molar-refractivity contribution in [2.45, 2.75) is 6.92 Å². The molecule has 42 heavy (non-hydrogen) atoms. The zero-order valence-corrected chi connectivity index (χ0v) is 24.3. The molecule has 0 radical (unpaired) electrons. The van der Waals surface area contributed by atoms with Crippen LogP contribution in [0.4, 0.5) is 11.4 Å². The summed E-state index contributed by atoms with van der Waals surface area (Å²) in [5.41, 5.74) is 2.93. The van der Waals surface area contributed by atoms with E-state index in [9.17, 15) is 14.4 Å². The number of esters is 1. The first kappa shape index (κ1) is 32.9. The number of ether oxygens (including phenoxy) is 6. The highest BCUT2D eigenvalue weighted by atomic mass is 16.6. The fourth-order valence-corrected chi connectivity index (χ4v) is 4.14. The predicted octanol–water partition coefficient (Wildman–Crippen LogP) is 3.12. The second-order valence-electron chi connectivity index (χ2n) is 9.33. The summed E-state index contributed by atoms with van der Waals surface area (Å²) in [6.07, 6.45) is 0. The summed E-state index contributed by atoms with van der Waals surface area (Å²) in [5, 5.41) is 6.49. The van der Waals surface area contributed by atoms with Crippen LogP contribution in [-0.2, 0) is 33.2 Å². The molecule has 0 bridgehead atoms. The Kier molecular flexibility index (Phi) is 14.1. The number of ketones is 2. The van der Waals surface area contributed by atoms with Crippen molar-refractivity contribution >= 4 is 28.9 Å². The van der Waals surface area contributed by atoms with Gasteiger partial charge < -0.3 is 39.1 Å². The quantitative estimate of drug-likeness (QED) is 0.109. The zero-order chi connectivity index (χ0) is 30.2. The van der Waals surface area contributed by atoms with Gasteiger partial charge in [0, 0.05) is 48.3 Å². The number of methoxy groups -OCH3 is 1. The molecule has 2 aromatic carbocycles. The lowest BCUT2D eigenvalue weighted by atomic mass is 9.82. The lowest BCUT2D eigenvalue weighted by Gasteiger charge is -2.24. The fraction of sp³-hybridized carbons (Fsp3) is 0.452. The third-order valence-electron chi connectivity index (χ3n) is 6.18. The van der Waals surface area contributed by atoms with Gasteiger partial charge in [-0.05, 0) is 19.1 Å². The average Bonchev–Trinajstić information content (AvgIpc) is 2.99. The molecule has 3 rings (SSSR count). The third-order valence-corrected chi connectivity index (χ3v) is 6.18. The molecule has 0 heterocycles. The van der Waals surface area contributed by atoms with Crippen LogP contribution in [0, 0.1) is 0 Å². The van der Waals surface area contributed by atoms with Gasteiger partial charge in [-0.2, -0.15) is 0 Å². The lowest BCUT2D eigenvalue weighted by molar-refractivity contribution is -0.140. The first-order valence-electron chi connectivity index (χ1n) is 13.9. The number of carbonyl (C=O) groups excluding carboxylic acids is 3. The minimum atomic E-state index is -0.444. The Morgan fingerprint density at radius 1 is 0.667 bits per heavy atom. The molecule has 0 spiro atoms. The van der Waals surface area contributed by atoms with Gasteiger partial charge in [-0.15, -0.1) is 0 Å². The standard InChI is InChI=1S/C31H40N2O9/c1-22(2)31(36)42-21-20-41-19-17-39-13-11-33-26-9-8-25(32-10-12-38-16-18-40-15-14-37-3)27-28(26)30(35)24-7-5-4-6-23(24)29(27)34/h4-9,32-33H,1,10-21H2,2-3H3. The molecule has 11 heteroatoms. The molecule has 11 nitrogen and oxygen atoms in total. The third kappa shape index (κ3) is 9.74. The van der Waals surface area contributed by atoms with Crippen LogP contribution in [0.15, 0.2) is 48.6 Å². The van der Waals surface area contributed by atoms with Crippen molar-refractivity contribution in [1.29, 1.82) is 0 Å². The van der Waals surface area contributed by atoms with E-state index < -0.39 is 5.97 Å². The smallest absolute Gasteiger partial charge is 0.333 e. The molecule has 2 aromatic rings. The molecule has 228 valence electrons. The molecule has 0 unspecified atom stereocenters. The van der Waals surface area contributed by atoms with Crippen LogP contribution in [-0.4, -0.2) is 104 Å². The largest absolute Gasteiger partial charge is 0.460 e. The summed E-state index contributed by atoms with van der Waals surface area (Å²) >= 11 is 0. The Morgan fingerprint density at radius 3 is 1.55 bits per heavy atom. The first-order valence-corrected chi connectivity index (χ1v) is 13.9. The van der Waals surface area contributed by atoms with Crippen molar-refractivity contribution in [1.82, 2.24) is 0 Å². The number of hydrogen-bond acceptors (Lipinski definition) is 11. The van der Waals surface area contributed by atoms with Crippen molar-refractivity contribution in [3.05, 3.63) is 70.8 Å². The Morgan fingerprint density at radius 2 is 1.10 bits per heavy atom. The highest BCUT2D eigenvalue weighted by Crippen LogP contribution is 2.36. The van der Waals surface area contributed by atoms with Gasteiger partial charge in [-0.25, -0.2) is 4.79 Å². The van der Waals surface area contributed by atoms with E-state index in [2.05, 4.69) is 17.2 Å². The van der Waals surface area contributed by atoms with Crippen LogP contribution in [0.1, 0.15) is 38.8 Å². The van der Waals surface area contributed by atoms with Crippen LogP contribution in [0.25, 0.3) is 0 Å². The van der Waals surface area contributed by atoms with E-state index in [0.29, 0.717) is 105 Å². The number of fused-ring (bicyclic) bond motifs is 2. The number of nitrogens with one attached hydrogen (secondary N) is 2. The second-order valence-corrected chi connectivity index (χ2v) is 9.33. The van der Waals surface area contributed by atoms with Crippen LogP contribution >= 0.6 is 0 Å². The van der Waals surface area contributed by atoms with Crippen molar-refractivity contribution in [2.24, 2.45) is 0 Å². The van der Waals surface area contributed by atoms with Gasteiger partial charge in [0.05, 0.1) is 70.6 Å². The Hall–Kier alpha value is -3.61. The van der Waals surface area contributed by atoms with E-state index in [4.69, 9.17) is 28.4 Å². The molecule has 0 saturated carbocycles. The Bertz CT molecular complexity index is 1210. The predicted molar refractivity (Wildman–Crippen MR) is 158 cm³/mol. The van der Waals surface area contributed by atoms with Crippen molar-refractivity contribution in [3.63, 3.8) is 0 Å². The highest BCUT2D eigenvalue weighted by Gasteiger charge is 2.33. The Labute approximate surface area is 246 Å². The summed E-state index contributed by atoms with van der Waals surface area (Å²) in [6, 6.07) is 10.4. The zero-order valence-electron chi connectivity index (χ0n) is 24.3. The maximum absolute atomic E-state index is 13.5. The van der Waals surface area contributed by atoms with E-state index in [1.807, 2.05) is 0 Å². The van der Waals surface area contributed by atoms with E-state index in [-0.39, 0.29) is 24.8 Å². The molecule has 0 aliphatic heterocycles. The van der Waals surface area contributed by atoms with Crippen LogP contribution in [0.5, 0.6) is 0 Å². The highest BCUT2D eigenvalue weighted by molar-refractivity contribution is 6.31. The molecule has 2 N–H and O–H groups in total. The van der Waals surface area contributed by atoms with Crippen LogP contribution in [0.2, 0.25) is 0 Å².